The summed E-state index contributed by atoms with van der Waals surface area (Å²) in [7, 11) is 0. The fourth-order valence-corrected chi connectivity index (χ4v) is 4.29. The van der Waals surface area contributed by atoms with E-state index in [1.165, 1.54) is 16.9 Å². The van der Waals surface area contributed by atoms with Crippen LogP contribution in [0.15, 0.2) is 29.6 Å². The van der Waals surface area contributed by atoms with Gasteiger partial charge in [0.25, 0.3) is 5.91 Å². The Bertz CT molecular complexity index is 880. The van der Waals surface area contributed by atoms with Crippen molar-refractivity contribution in [3.8, 4) is 10.6 Å². The van der Waals surface area contributed by atoms with Gasteiger partial charge >= 0.3 is 0 Å². The van der Waals surface area contributed by atoms with Crippen LogP contribution in [0.5, 0.6) is 0 Å². The predicted molar refractivity (Wildman–Crippen MR) is 104 cm³/mol. The van der Waals surface area contributed by atoms with Gasteiger partial charge in [0.2, 0.25) is 0 Å². The van der Waals surface area contributed by atoms with E-state index in [0.29, 0.717) is 4.88 Å². The molecule has 4 nitrogen and oxygen atoms in total. The zero-order chi connectivity index (χ0) is 18.0. The molecular weight excluding hydrogens is 350 g/mol. The number of benzene rings is 1. The van der Waals surface area contributed by atoms with Gasteiger partial charge in [-0.3, -0.25) is 4.79 Å². The molecule has 1 unspecified atom stereocenters. The average Bonchev–Trinajstić information content (AvgIpc) is 3.21. The van der Waals surface area contributed by atoms with Crippen LogP contribution in [0.3, 0.4) is 0 Å². The number of carbonyl (C=O) groups is 1. The highest BCUT2D eigenvalue weighted by Gasteiger charge is 2.19. The number of thiazole rings is 2. The lowest BCUT2D eigenvalue weighted by Crippen LogP contribution is -2.26. The molecule has 1 aromatic carbocycles. The van der Waals surface area contributed by atoms with Crippen LogP contribution in [0, 0.1) is 13.8 Å². The normalized spacial score (nSPS) is 12.2. The lowest BCUT2D eigenvalue weighted by Gasteiger charge is -2.10. The summed E-state index contributed by atoms with van der Waals surface area (Å²) in [6.07, 6.45) is 1.01. The van der Waals surface area contributed by atoms with Gasteiger partial charge in [0, 0.05) is 16.6 Å². The molecule has 3 rings (SSSR count). The Hall–Kier alpha value is -2.05. The molecule has 0 spiro atoms. The Morgan fingerprint density at radius 2 is 1.92 bits per heavy atom. The second kappa shape index (κ2) is 7.45. The van der Waals surface area contributed by atoms with E-state index in [-0.39, 0.29) is 11.9 Å². The van der Waals surface area contributed by atoms with Gasteiger partial charge in [0.05, 0.1) is 11.7 Å². The third-order valence-electron chi connectivity index (χ3n) is 3.97. The molecule has 6 heteroatoms. The average molecular weight is 372 g/mol. The Morgan fingerprint density at radius 3 is 2.52 bits per heavy atom. The molecule has 0 bridgehead atoms. The summed E-state index contributed by atoms with van der Waals surface area (Å²) in [5.74, 6) is -0.0909. The second-order valence-corrected chi connectivity index (χ2v) is 7.90. The van der Waals surface area contributed by atoms with Gasteiger partial charge < -0.3 is 5.32 Å². The zero-order valence-corrected chi connectivity index (χ0v) is 16.4. The van der Waals surface area contributed by atoms with E-state index in [1.54, 1.807) is 11.3 Å². The summed E-state index contributed by atoms with van der Waals surface area (Å²) in [6.45, 7) is 7.93. The van der Waals surface area contributed by atoms with Crippen LogP contribution < -0.4 is 5.32 Å². The molecule has 0 fully saturated rings. The van der Waals surface area contributed by atoms with Gasteiger partial charge in [0.1, 0.15) is 14.9 Å². The van der Waals surface area contributed by atoms with Crippen molar-refractivity contribution in [3.05, 3.63) is 56.5 Å². The number of hydrogen-bond acceptors (Lipinski definition) is 5. The molecule has 0 aliphatic heterocycles. The van der Waals surface area contributed by atoms with E-state index in [4.69, 9.17) is 0 Å². The first kappa shape index (κ1) is 17.8. The Balaban J connectivity index is 1.78. The maximum absolute atomic E-state index is 12.6. The maximum atomic E-state index is 12.6. The summed E-state index contributed by atoms with van der Waals surface area (Å²) in [4.78, 5) is 22.3. The standard InChI is InChI=1S/C19H21N3OS2/c1-5-14-6-8-15(9-7-14)19-22-12(3)16(25-19)17(23)21-13(4)18-20-11(2)10-24-18/h6-10,13H,5H2,1-4H3,(H,21,23). The fraction of sp³-hybridized carbons (Fsp3) is 0.316. The molecule has 0 radical (unpaired) electrons. The largest absolute Gasteiger partial charge is 0.342 e. The van der Waals surface area contributed by atoms with Gasteiger partial charge in [-0.05, 0) is 32.8 Å². The van der Waals surface area contributed by atoms with Crippen LogP contribution in [-0.4, -0.2) is 15.9 Å². The van der Waals surface area contributed by atoms with Crippen molar-refractivity contribution >= 4 is 28.6 Å². The molecule has 2 aromatic heterocycles. The first-order valence-electron chi connectivity index (χ1n) is 8.27. The maximum Gasteiger partial charge on any atom is 0.263 e. The van der Waals surface area contributed by atoms with Crippen LogP contribution in [-0.2, 0) is 6.42 Å². The van der Waals surface area contributed by atoms with E-state index >= 15 is 0 Å². The van der Waals surface area contributed by atoms with Gasteiger partial charge in [-0.2, -0.15) is 0 Å². The number of carbonyl (C=O) groups excluding carboxylic acids is 1. The van der Waals surface area contributed by atoms with E-state index in [1.807, 2.05) is 26.2 Å². The molecule has 0 saturated heterocycles. The fourth-order valence-electron chi connectivity index (χ4n) is 2.51. The molecular formula is C19H21N3OS2. The van der Waals surface area contributed by atoms with Crippen LogP contribution >= 0.6 is 22.7 Å². The van der Waals surface area contributed by atoms with Gasteiger partial charge in [-0.1, -0.05) is 31.2 Å². The monoisotopic (exact) mass is 371 g/mol. The third kappa shape index (κ3) is 3.96. The number of nitrogens with zero attached hydrogens (tertiary/aromatic N) is 2. The summed E-state index contributed by atoms with van der Waals surface area (Å²) in [5, 5.41) is 6.82. The minimum atomic E-state index is -0.111. The van der Waals surface area contributed by atoms with Crippen LogP contribution in [0.2, 0.25) is 0 Å². The van der Waals surface area contributed by atoms with Crippen LogP contribution in [0.4, 0.5) is 0 Å². The van der Waals surface area contributed by atoms with E-state index < -0.39 is 0 Å². The molecule has 1 N–H and O–H groups in total. The van der Waals surface area contributed by atoms with Crippen molar-refractivity contribution in [3.63, 3.8) is 0 Å². The smallest absolute Gasteiger partial charge is 0.263 e. The number of rotatable bonds is 5. The molecule has 130 valence electrons. The summed E-state index contributed by atoms with van der Waals surface area (Å²) in [5.41, 5.74) is 4.09. The number of amides is 1. The lowest BCUT2D eigenvalue weighted by molar-refractivity contribution is 0.0943. The molecule has 3 aromatic rings. The highest BCUT2D eigenvalue weighted by molar-refractivity contribution is 7.17. The van der Waals surface area contributed by atoms with Gasteiger partial charge in [-0.15, -0.1) is 22.7 Å². The first-order valence-corrected chi connectivity index (χ1v) is 9.97. The number of nitrogens with one attached hydrogen (secondary N) is 1. The minimum Gasteiger partial charge on any atom is -0.342 e. The topological polar surface area (TPSA) is 54.9 Å². The SMILES string of the molecule is CCc1ccc(-c2nc(C)c(C(=O)NC(C)c3nc(C)cs3)s2)cc1. The molecule has 1 atom stereocenters. The highest BCUT2D eigenvalue weighted by atomic mass is 32.1. The van der Waals surface area contributed by atoms with Crippen molar-refractivity contribution in [2.75, 3.05) is 0 Å². The Kier molecular flexibility index (Phi) is 5.30. The number of hydrogen-bond donors (Lipinski definition) is 1. The minimum absolute atomic E-state index is 0.0909. The van der Waals surface area contributed by atoms with Crippen molar-refractivity contribution in [1.29, 1.82) is 0 Å². The summed E-state index contributed by atoms with van der Waals surface area (Å²) < 4.78 is 0. The van der Waals surface area contributed by atoms with Crippen LogP contribution in [0.1, 0.15) is 51.5 Å². The van der Waals surface area contributed by atoms with Gasteiger partial charge in [0.15, 0.2) is 0 Å². The molecule has 2 heterocycles. The highest BCUT2D eigenvalue weighted by Crippen LogP contribution is 2.29. The van der Waals surface area contributed by atoms with E-state index in [2.05, 4.69) is 46.5 Å². The third-order valence-corrected chi connectivity index (χ3v) is 6.32. The summed E-state index contributed by atoms with van der Waals surface area (Å²) >= 11 is 3.00. The lowest BCUT2D eigenvalue weighted by atomic mass is 10.1. The van der Waals surface area contributed by atoms with Gasteiger partial charge in [-0.25, -0.2) is 9.97 Å². The zero-order valence-electron chi connectivity index (χ0n) is 14.8. The molecule has 1 amide bonds. The van der Waals surface area contributed by atoms with E-state index in [0.717, 1.165) is 33.4 Å². The molecule has 0 aliphatic rings. The Labute approximate surface area is 156 Å². The van der Waals surface area contributed by atoms with Crippen molar-refractivity contribution in [2.24, 2.45) is 0 Å². The van der Waals surface area contributed by atoms with Crippen LogP contribution in [0.25, 0.3) is 10.6 Å². The summed E-state index contributed by atoms with van der Waals surface area (Å²) in [6, 6.07) is 8.25. The molecule has 0 saturated carbocycles. The molecule has 0 aliphatic carbocycles. The van der Waals surface area contributed by atoms with Crippen molar-refractivity contribution in [1.82, 2.24) is 15.3 Å². The van der Waals surface area contributed by atoms with E-state index in [9.17, 15) is 4.79 Å². The Morgan fingerprint density at radius 1 is 1.20 bits per heavy atom. The van der Waals surface area contributed by atoms with Crippen molar-refractivity contribution in [2.45, 2.75) is 40.2 Å². The first-order chi connectivity index (χ1) is 12.0. The second-order valence-electron chi connectivity index (χ2n) is 6.01. The number of aromatic nitrogens is 2. The predicted octanol–water partition coefficient (Wildman–Crippen LogP) is 4.94. The number of aryl methyl sites for hydroxylation is 3. The molecule has 25 heavy (non-hydrogen) atoms. The van der Waals surface area contributed by atoms with Crippen molar-refractivity contribution < 1.29 is 4.79 Å². The quantitative estimate of drug-likeness (QED) is 0.691.